The number of ketones is 1. The first-order valence-corrected chi connectivity index (χ1v) is 15.6. The van der Waals surface area contributed by atoms with Crippen molar-refractivity contribution >= 4 is 19.1 Å². The average Bonchev–Trinajstić information content (AvgIpc) is 3.12. The number of hydrogen-bond donors (Lipinski definition) is 2. The van der Waals surface area contributed by atoms with Crippen molar-refractivity contribution < 1.29 is 14.2 Å². The van der Waals surface area contributed by atoms with Gasteiger partial charge in [-0.25, -0.2) is 0 Å². The van der Waals surface area contributed by atoms with Gasteiger partial charge in [0.25, 0.3) is 0 Å². The van der Waals surface area contributed by atoms with E-state index in [9.17, 15) is 9.59 Å². The van der Waals surface area contributed by atoms with Crippen LogP contribution in [0.5, 0.6) is 0 Å². The van der Waals surface area contributed by atoms with E-state index in [-0.39, 0.29) is 30.6 Å². The molecule has 2 bridgehead atoms. The molecule has 0 heterocycles. The van der Waals surface area contributed by atoms with Gasteiger partial charge in [0.15, 0.2) is 5.78 Å². The molecule has 0 aromatic heterocycles. The Kier molecular flexibility index (Phi) is 12.8. The summed E-state index contributed by atoms with van der Waals surface area (Å²) in [6, 6.07) is -0.431. The maximum absolute atomic E-state index is 13.7. The number of fused-ring (bicyclic) bond motifs is 2. The van der Waals surface area contributed by atoms with Gasteiger partial charge in [-0.3, -0.25) is 9.59 Å². The Morgan fingerprint density at radius 2 is 1.47 bits per heavy atom. The predicted octanol–water partition coefficient (Wildman–Crippen LogP) is 6.66. The molecule has 5 nitrogen and oxygen atoms in total. The first kappa shape index (κ1) is 29.7. The average molecular weight is 503 g/mol. The third-order valence-electron chi connectivity index (χ3n) is 10.1. The van der Waals surface area contributed by atoms with E-state index >= 15 is 0 Å². The third kappa shape index (κ3) is 8.58. The molecule has 0 aromatic carbocycles. The number of rotatable bonds is 9. The van der Waals surface area contributed by atoms with Gasteiger partial charge in [-0.1, -0.05) is 97.3 Å². The van der Waals surface area contributed by atoms with Crippen molar-refractivity contribution in [2.45, 2.75) is 148 Å². The van der Waals surface area contributed by atoms with Crippen LogP contribution in [-0.4, -0.2) is 37.8 Å². The lowest BCUT2D eigenvalue weighted by Crippen LogP contribution is -2.47. The highest BCUT2D eigenvalue weighted by Gasteiger charge is 2.54. The molecule has 0 aliphatic heterocycles. The van der Waals surface area contributed by atoms with Gasteiger partial charge >= 0.3 is 7.48 Å². The summed E-state index contributed by atoms with van der Waals surface area (Å²) in [5.41, 5.74) is 6.21. The lowest BCUT2D eigenvalue weighted by molar-refractivity contribution is -0.134. The molecular weight excluding hydrogens is 447 g/mol. The van der Waals surface area contributed by atoms with Gasteiger partial charge in [0, 0.05) is 18.1 Å². The van der Waals surface area contributed by atoms with Gasteiger partial charge in [0.05, 0.1) is 6.04 Å². The minimum Gasteiger partial charge on any atom is -0.427 e. The number of nitrogens with one attached hydrogen (secondary N) is 1. The highest BCUT2D eigenvalue weighted by molar-refractivity contribution is 6.68. The number of hydrogen-bond acceptors (Lipinski definition) is 4. The first-order chi connectivity index (χ1) is 17.4. The van der Waals surface area contributed by atoms with Crippen LogP contribution in [0.2, 0.25) is 0 Å². The minimum atomic E-state index is -0.431. The third-order valence-corrected chi connectivity index (χ3v) is 10.1. The molecule has 3 saturated carbocycles. The van der Waals surface area contributed by atoms with E-state index in [1.807, 2.05) is 0 Å². The van der Waals surface area contributed by atoms with Crippen LogP contribution in [0, 0.1) is 23.2 Å². The molecule has 1 amide bonds. The zero-order valence-corrected chi connectivity index (χ0v) is 23.5. The summed E-state index contributed by atoms with van der Waals surface area (Å²) in [4.78, 5) is 26.0. The zero-order valence-electron chi connectivity index (χ0n) is 23.5. The Morgan fingerprint density at radius 3 is 2.11 bits per heavy atom. The van der Waals surface area contributed by atoms with Crippen LogP contribution in [0.1, 0.15) is 136 Å². The SMILES string of the molecule is CC1C2CCCCCCCC(C2)C1(C)C(=O)C(N)CCCNC(=O)BOC1CCCCCCCCC1. The number of carbonyl (C=O) groups is 2. The van der Waals surface area contributed by atoms with E-state index in [1.54, 1.807) is 0 Å². The highest BCUT2D eigenvalue weighted by atomic mass is 16.4. The van der Waals surface area contributed by atoms with E-state index in [2.05, 4.69) is 19.2 Å². The van der Waals surface area contributed by atoms with E-state index in [4.69, 9.17) is 10.4 Å². The summed E-state index contributed by atoms with van der Waals surface area (Å²) in [5.74, 6) is 1.79. The predicted molar refractivity (Wildman–Crippen MR) is 150 cm³/mol. The van der Waals surface area contributed by atoms with Crippen molar-refractivity contribution in [3.63, 3.8) is 0 Å². The van der Waals surface area contributed by atoms with Crippen LogP contribution in [0.4, 0.5) is 4.79 Å². The summed E-state index contributed by atoms with van der Waals surface area (Å²) < 4.78 is 5.97. The molecule has 5 unspecified atom stereocenters. The number of carbonyl (C=O) groups excluding carboxylic acids is 2. The molecular formula is C30H55BN2O3. The van der Waals surface area contributed by atoms with E-state index in [0.717, 1.165) is 19.3 Å². The lowest BCUT2D eigenvalue weighted by Gasteiger charge is -2.37. The summed E-state index contributed by atoms with van der Waals surface area (Å²) in [5, 5.41) is 2.99. The molecule has 0 saturated heterocycles. The Labute approximate surface area is 222 Å². The van der Waals surface area contributed by atoms with Crippen LogP contribution < -0.4 is 11.1 Å². The number of Topliss-reactive ketones (excluding diaryl/α,β-unsaturated/α-hetero) is 1. The van der Waals surface area contributed by atoms with Crippen molar-refractivity contribution in [1.29, 1.82) is 0 Å². The molecule has 206 valence electrons. The number of nitrogens with two attached hydrogens (primary N) is 1. The molecule has 3 aliphatic rings. The van der Waals surface area contributed by atoms with Crippen LogP contribution >= 0.6 is 0 Å². The lowest BCUT2D eigenvalue weighted by atomic mass is 9.66. The molecule has 6 heteroatoms. The van der Waals surface area contributed by atoms with Crippen molar-refractivity contribution in [3.05, 3.63) is 0 Å². The standard InChI is InChI=1S/C30H55BN2O3/c1-23-24-16-11-7-6-8-12-17-25(22-24)30(23,2)28(34)27(32)20-15-21-33-29(35)31-36-26-18-13-9-4-3-5-10-14-19-26/h23-27,31H,3-22,32H2,1-2H3,(H,33,35). The van der Waals surface area contributed by atoms with Crippen molar-refractivity contribution in [3.8, 4) is 0 Å². The minimum absolute atomic E-state index is 0.0446. The summed E-state index contributed by atoms with van der Waals surface area (Å²) in [6.07, 6.45) is 22.9. The van der Waals surface area contributed by atoms with Gasteiger partial charge in [-0.15, -0.1) is 0 Å². The van der Waals surface area contributed by atoms with Gasteiger partial charge in [0.1, 0.15) is 0 Å². The van der Waals surface area contributed by atoms with Crippen LogP contribution in [0.3, 0.4) is 0 Å². The molecule has 36 heavy (non-hydrogen) atoms. The van der Waals surface area contributed by atoms with Crippen molar-refractivity contribution in [1.82, 2.24) is 5.32 Å². The molecule has 0 radical (unpaired) electrons. The van der Waals surface area contributed by atoms with Gasteiger partial charge in [-0.05, 0) is 56.3 Å². The largest absolute Gasteiger partial charge is 0.427 e. The summed E-state index contributed by atoms with van der Waals surface area (Å²) in [7, 11) is 0.147. The van der Waals surface area contributed by atoms with E-state index in [1.165, 1.54) is 96.3 Å². The fourth-order valence-corrected chi connectivity index (χ4v) is 7.48. The zero-order chi connectivity index (χ0) is 25.8. The molecule has 5 atom stereocenters. The highest BCUT2D eigenvalue weighted by Crippen LogP contribution is 2.55. The van der Waals surface area contributed by atoms with Crippen molar-refractivity contribution in [2.75, 3.05) is 6.54 Å². The van der Waals surface area contributed by atoms with E-state index in [0.29, 0.717) is 30.7 Å². The van der Waals surface area contributed by atoms with Crippen molar-refractivity contribution in [2.24, 2.45) is 28.9 Å². The van der Waals surface area contributed by atoms with Gasteiger partial charge in [0.2, 0.25) is 5.81 Å². The normalized spacial score (nSPS) is 31.8. The van der Waals surface area contributed by atoms with E-state index < -0.39 is 6.04 Å². The Balaban J connectivity index is 1.38. The number of amides is 1. The molecule has 3 N–H and O–H groups in total. The fraction of sp³-hybridized carbons (Fsp3) is 0.933. The Bertz CT molecular complexity index is 665. The molecule has 0 spiro atoms. The van der Waals surface area contributed by atoms with Crippen LogP contribution in [0.25, 0.3) is 0 Å². The second kappa shape index (κ2) is 15.5. The molecule has 0 aromatic rings. The summed E-state index contributed by atoms with van der Waals surface area (Å²) >= 11 is 0. The summed E-state index contributed by atoms with van der Waals surface area (Å²) in [6.45, 7) is 5.10. The Morgan fingerprint density at radius 1 is 0.917 bits per heavy atom. The topological polar surface area (TPSA) is 81.4 Å². The van der Waals surface area contributed by atoms with Gasteiger partial charge < -0.3 is 15.7 Å². The molecule has 3 aliphatic carbocycles. The van der Waals surface area contributed by atoms with Crippen LogP contribution in [0.15, 0.2) is 0 Å². The second-order valence-electron chi connectivity index (χ2n) is 12.6. The quantitative estimate of drug-likeness (QED) is 0.273. The van der Waals surface area contributed by atoms with Crippen LogP contribution in [-0.2, 0) is 9.45 Å². The second-order valence-corrected chi connectivity index (χ2v) is 12.6. The molecule has 3 fully saturated rings. The molecule has 3 rings (SSSR count). The first-order valence-electron chi connectivity index (χ1n) is 15.6. The Hall–Kier alpha value is -0.875. The fourth-order valence-electron chi connectivity index (χ4n) is 7.48. The monoisotopic (exact) mass is 502 g/mol. The smallest absolute Gasteiger partial charge is 0.380 e. The maximum atomic E-state index is 13.7. The maximum Gasteiger partial charge on any atom is 0.380 e. The van der Waals surface area contributed by atoms with Gasteiger partial charge in [-0.2, -0.15) is 0 Å².